The first kappa shape index (κ1) is 26.9. The van der Waals surface area contributed by atoms with Crippen LogP contribution in [0.1, 0.15) is 0 Å². The lowest BCUT2D eigenvalue weighted by Gasteiger charge is -2.18. The lowest BCUT2D eigenvalue weighted by Crippen LogP contribution is -1.91. The summed E-state index contributed by atoms with van der Waals surface area (Å²) in [5, 5.41) is 10.6. The van der Waals surface area contributed by atoms with Crippen LogP contribution in [0.25, 0.3) is 108 Å². The molecule has 49 heavy (non-hydrogen) atoms. The smallest absolute Gasteiger partial charge is 0.178 e. The second kappa shape index (κ2) is 10.2. The molecule has 0 saturated carbocycles. The first-order chi connectivity index (χ1) is 24.3. The van der Waals surface area contributed by atoms with E-state index >= 15 is 0 Å². The van der Waals surface area contributed by atoms with Crippen molar-refractivity contribution in [3.8, 4) is 33.6 Å². The zero-order valence-corrected chi connectivity index (χ0v) is 27.1. The number of rotatable bonds is 3. The second-order valence-corrected chi connectivity index (χ2v) is 13.8. The Labute approximate surface area is 285 Å². The molecule has 0 unspecified atom stereocenters. The molecule has 0 atom stereocenters. The van der Waals surface area contributed by atoms with Gasteiger partial charge in [-0.2, -0.15) is 0 Å². The van der Waals surface area contributed by atoms with Gasteiger partial charge in [-0.1, -0.05) is 133 Å². The fourth-order valence-electron chi connectivity index (χ4n) is 8.01. The van der Waals surface area contributed by atoms with E-state index in [1.165, 1.54) is 58.4 Å². The van der Waals surface area contributed by atoms with Crippen LogP contribution in [-0.2, 0) is 0 Å². The molecule has 0 fully saturated rings. The molecule has 8 aromatic carbocycles. The standard InChI is InChI=1S/C46H26O2S/c1-2-13-27(14-3-1)43-42(36-26-25-34-28-15-8-10-23-38(28)47-44(34)45(36)48-43)41-32-19-6-4-17-30(32)40(31-18-5-7-20-33(31)41)37-22-12-21-35-29-16-9-11-24-39(29)49-46(35)37/h1-26H. The zero-order valence-electron chi connectivity index (χ0n) is 26.2. The molecule has 0 radical (unpaired) electrons. The monoisotopic (exact) mass is 642 g/mol. The van der Waals surface area contributed by atoms with E-state index in [1.54, 1.807) is 0 Å². The van der Waals surface area contributed by atoms with E-state index in [9.17, 15) is 0 Å². The molecule has 0 spiro atoms. The summed E-state index contributed by atoms with van der Waals surface area (Å²) in [5.41, 5.74) is 8.24. The number of para-hydroxylation sites is 1. The van der Waals surface area contributed by atoms with Gasteiger partial charge < -0.3 is 8.83 Å². The highest BCUT2D eigenvalue weighted by molar-refractivity contribution is 7.26. The third kappa shape index (κ3) is 3.76. The van der Waals surface area contributed by atoms with Crippen LogP contribution in [0.5, 0.6) is 0 Å². The van der Waals surface area contributed by atoms with Crippen LogP contribution in [0.2, 0.25) is 0 Å². The lowest BCUT2D eigenvalue weighted by molar-refractivity contribution is 0.612. The number of hydrogen-bond acceptors (Lipinski definition) is 3. The average molecular weight is 643 g/mol. The van der Waals surface area contributed by atoms with E-state index < -0.39 is 0 Å². The first-order valence-electron chi connectivity index (χ1n) is 16.6. The van der Waals surface area contributed by atoms with Crippen LogP contribution >= 0.6 is 11.3 Å². The molecule has 3 heteroatoms. The largest absolute Gasteiger partial charge is 0.452 e. The van der Waals surface area contributed by atoms with Gasteiger partial charge in [0.25, 0.3) is 0 Å². The molecule has 228 valence electrons. The van der Waals surface area contributed by atoms with Crippen molar-refractivity contribution in [1.29, 1.82) is 0 Å². The van der Waals surface area contributed by atoms with Crippen molar-refractivity contribution < 1.29 is 8.83 Å². The minimum absolute atomic E-state index is 0.773. The first-order valence-corrected chi connectivity index (χ1v) is 17.4. The van der Waals surface area contributed by atoms with Crippen molar-refractivity contribution in [2.45, 2.75) is 0 Å². The van der Waals surface area contributed by atoms with Gasteiger partial charge in [0.1, 0.15) is 11.3 Å². The summed E-state index contributed by atoms with van der Waals surface area (Å²) in [6.07, 6.45) is 0. The molecule has 2 nitrogen and oxygen atoms in total. The summed E-state index contributed by atoms with van der Waals surface area (Å²) in [6, 6.07) is 56.4. The Hall–Kier alpha value is -6.16. The molecule has 3 heterocycles. The average Bonchev–Trinajstić information content (AvgIpc) is 3.86. The predicted octanol–water partition coefficient (Wildman–Crippen LogP) is 14.0. The third-order valence-corrected chi connectivity index (χ3v) is 11.3. The van der Waals surface area contributed by atoms with Gasteiger partial charge in [0.2, 0.25) is 0 Å². The van der Waals surface area contributed by atoms with Crippen molar-refractivity contribution in [2.75, 3.05) is 0 Å². The van der Waals surface area contributed by atoms with Crippen molar-refractivity contribution >= 4 is 86.0 Å². The van der Waals surface area contributed by atoms with Gasteiger partial charge in [-0.05, 0) is 51.4 Å². The summed E-state index contributed by atoms with van der Waals surface area (Å²) in [7, 11) is 0. The fraction of sp³-hybridized carbons (Fsp3) is 0. The number of benzene rings is 8. The quantitative estimate of drug-likeness (QED) is 0.179. The minimum Gasteiger partial charge on any atom is -0.452 e. The normalized spacial score (nSPS) is 12.1. The molecule has 0 amide bonds. The van der Waals surface area contributed by atoms with E-state index in [-0.39, 0.29) is 0 Å². The Morgan fingerprint density at radius 1 is 0.347 bits per heavy atom. The van der Waals surface area contributed by atoms with Gasteiger partial charge in [0.05, 0.1) is 0 Å². The van der Waals surface area contributed by atoms with Crippen molar-refractivity contribution in [1.82, 2.24) is 0 Å². The van der Waals surface area contributed by atoms with Gasteiger partial charge in [-0.25, -0.2) is 0 Å². The molecule has 11 aromatic rings. The third-order valence-electron chi connectivity index (χ3n) is 10.1. The van der Waals surface area contributed by atoms with Gasteiger partial charge in [-0.15, -0.1) is 11.3 Å². The number of hydrogen-bond donors (Lipinski definition) is 0. The van der Waals surface area contributed by atoms with Crippen LogP contribution in [0, 0.1) is 0 Å². The number of furan rings is 2. The number of thiophene rings is 1. The van der Waals surface area contributed by atoms with Crippen LogP contribution in [0.4, 0.5) is 0 Å². The highest BCUT2D eigenvalue weighted by atomic mass is 32.1. The van der Waals surface area contributed by atoms with Crippen LogP contribution < -0.4 is 0 Å². The summed E-state index contributed by atoms with van der Waals surface area (Å²) in [5.74, 6) is 0.846. The summed E-state index contributed by atoms with van der Waals surface area (Å²) in [6.45, 7) is 0. The summed E-state index contributed by atoms with van der Waals surface area (Å²) >= 11 is 1.88. The fourth-order valence-corrected chi connectivity index (χ4v) is 9.23. The lowest BCUT2D eigenvalue weighted by atomic mass is 9.84. The zero-order chi connectivity index (χ0) is 32.1. The van der Waals surface area contributed by atoms with E-state index in [1.807, 2.05) is 23.5 Å². The van der Waals surface area contributed by atoms with Gasteiger partial charge in [-0.3, -0.25) is 0 Å². The maximum Gasteiger partial charge on any atom is 0.178 e. The Morgan fingerprint density at radius 3 is 1.67 bits per heavy atom. The molecule has 0 aliphatic carbocycles. The van der Waals surface area contributed by atoms with Crippen molar-refractivity contribution in [2.24, 2.45) is 0 Å². The highest BCUT2D eigenvalue weighted by Crippen LogP contribution is 2.52. The van der Waals surface area contributed by atoms with E-state index in [0.29, 0.717) is 0 Å². The molecule has 3 aromatic heterocycles. The minimum atomic E-state index is 0.773. The van der Waals surface area contributed by atoms with Gasteiger partial charge in [0.15, 0.2) is 11.2 Å². The summed E-state index contributed by atoms with van der Waals surface area (Å²) < 4.78 is 16.2. The Bertz CT molecular complexity index is 3050. The predicted molar refractivity (Wildman–Crippen MR) is 208 cm³/mol. The Morgan fingerprint density at radius 2 is 0.918 bits per heavy atom. The van der Waals surface area contributed by atoms with Crippen molar-refractivity contribution in [3.63, 3.8) is 0 Å². The van der Waals surface area contributed by atoms with E-state index in [2.05, 4.69) is 146 Å². The molecular formula is C46H26O2S. The molecular weight excluding hydrogens is 617 g/mol. The molecule has 11 rings (SSSR count). The molecule has 0 N–H and O–H groups in total. The molecule has 0 saturated heterocycles. The van der Waals surface area contributed by atoms with E-state index in [0.717, 1.165) is 49.8 Å². The van der Waals surface area contributed by atoms with Gasteiger partial charge in [0, 0.05) is 58.6 Å². The molecule has 0 aliphatic heterocycles. The van der Waals surface area contributed by atoms with Gasteiger partial charge >= 0.3 is 0 Å². The number of fused-ring (bicyclic) bond motifs is 10. The maximum atomic E-state index is 6.99. The van der Waals surface area contributed by atoms with Crippen LogP contribution in [0.3, 0.4) is 0 Å². The molecule has 0 aliphatic rings. The SMILES string of the molecule is c1ccc(-c2oc3c(ccc4c5ccccc5oc43)c2-c2c3ccccc3c(-c3cccc4c3sc3ccccc34)c3ccccc23)cc1. The van der Waals surface area contributed by atoms with Crippen LogP contribution in [0.15, 0.2) is 167 Å². The molecule has 0 bridgehead atoms. The Balaban J connectivity index is 1.31. The highest BCUT2D eigenvalue weighted by Gasteiger charge is 2.26. The second-order valence-electron chi connectivity index (χ2n) is 12.7. The summed E-state index contributed by atoms with van der Waals surface area (Å²) in [4.78, 5) is 0. The Kier molecular flexibility index (Phi) is 5.57. The topological polar surface area (TPSA) is 26.3 Å². The van der Waals surface area contributed by atoms with E-state index in [4.69, 9.17) is 8.83 Å². The van der Waals surface area contributed by atoms with Crippen molar-refractivity contribution in [3.05, 3.63) is 158 Å². The van der Waals surface area contributed by atoms with Crippen LogP contribution in [-0.4, -0.2) is 0 Å². The maximum absolute atomic E-state index is 6.99.